The molecule has 1 unspecified atom stereocenters. The van der Waals surface area contributed by atoms with Gasteiger partial charge in [0.1, 0.15) is 11.5 Å². The first-order valence-corrected chi connectivity index (χ1v) is 12.7. The molecule has 8 heteroatoms. The smallest absolute Gasteiger partial charge is 0.221 e. The minimum atomic E-state index is -1.40. The van der Waals surface area contributed by atoms with Crippen LogP contribution < -0.4 is 15.0 Å². The molecular weight excluding hydrogens is 438 g/mol. The zero-order valence-electron chi connectivity index (χ0n) is 19.4. The number of para-hydroxylation sites is 2. The Bertz CT molecular complexity index is 974. The monoisotopic (exact) mass is 471 g/mol. The molecule has 1 aliphatic rings. The van der Waals surface area contributed by atoms with E-state index in [2.05, 4.69) is 21.2 Å². The molecule has 7 nitrogen and oxygen atoms in total. The van der Waals surface area contributed by atoms with Crippen LogP contribution in [0.15, 0.2) is 53.4 Å². The fourth-order valence-electron chi connectivity index (χ4n) is 3.98. The number of nitrogens with one attached hydrogen (secondary N) is 1. The van der Waals surface area contributed by atoms with Crippen molar-refractivity contribution in [2.24, 2.45) is 0 Å². The number of rotatable bonds is 11. The van der Waals surface area contributed by atoms with E-state index in [1.807, 2.05) is 18.2 Å². The summed E-state index contributed by atoms with van der Waals surface area (Å²) in [5.74, 6) is 0.749. The van der Waals surface area contributed by atoms with Crippen LogP contribution in [0.2, 0.25) is 0 Å². The number of hydrogen-bond donors (Lipinski definition) is 1. The maximum absolute atomic E-state index is 12.5. The van der Waals surface area contributed by atoms with Crippen molar-refractivity contribution in [2.75, 3.05) is 55.8 Å². The van der Waals surface area contributed by atoms with Gasteiger partial charge in [-0.05, 0) is 49.7 Å². The van der Waals surface area contributed by atoms with Crippen LogP contribution in [0.5, 0.6) is 5.75 Å². The van der Waals surface area contributed by atoms with E-state index in [-0.39, 0.29) is 17.4 Å². The quantitative estimate of drug-likeness (QED) is 0.507. The molecule has 178 valence electrons. The highest BCUT2D eigenvalue weighted by Crippen LogP contribution is 2.28. The van der Waals surface area contributed by atoms with E-state index in [4.69, 9.17) is 4.74 Å². The van der Waals surface area contributed by atoms with E-state index >= 15 is 0 Å². The molecular formula is C25H33N3O4S. The summed E-state index contributed by atoms with van der Waals surface area (Å²) in [6, 6.07) is 15.0. The summed E-state index contributed by atoms with van der Waals surface area (Å²) < 4.78 is 18.0. The third kappa shape index (κ3) is 7.68. The molecule has 1 fully saturated rings. The van der Waals surface area contributed by atoms with Gasteiger partial charge in [0.25, 0.3) is 0 Å². The van der Waals surface area contributed by atoms with Crippen molar-refractivity contribution in [1.29, 1.82) is 0 Å². The molecule has 0 saturated carbocycles. The fourth-order valence-corrected chi connectivity index (χ4v) is 5.07. The Hall–Kier alpha value is -2.71. The summed E-state index contributed by atoms with van der Waals surface area (Å²) in [5.41, 5.74) is 1.73. The van der Waals surface area contributed by atoms with Crippen LogP contribution in [0.25, 0.3) is 0 Å². The number of methoxy groups -OCH3 is 1. The Morgan fingerprint density at radius 1 is 1.03 bits per heavy atom. The van der Waals surface area contributed by atoms with E-state index in [1.54, 1.807) is 31.4 Å². The number of unbranched alkanes of at least 4 members (excludes halogenated alkanes) is 1. The molecule has 0 radical (unpaired) electrons. The Balaban J connectivity index is 1.35. The number of Topliss-reactive ketones (excluding diaryl/α,β-unsaturated/α-hetero) is 1. The van der Waals surface area contributed by atoms with E-state index < -0.39 is 10.8 Å². The van der Waals surface area contributed by atoms with Gasteiger partial charge >= 0.3 is 0 Å². The molecule has 0 spiro atoms. The molecule has 0 aliphatic carbocycles. The lowest BCUT2D eigenvalue weighted by Gasteiger charge is -2.36. The van der Waals surface area contributed by atoms with E-state index in [9.17, 15) is 13.8 Å². The number of carbonyl (C=O) groups excluding carboxylic acids is 2. The Morgan fingerprint density at radius 2 is 1.79 bits per heavy atom. The minimum absolute atomic E-state index is 0.0132. The first-order chi connectivity index (χ1) is 16.0. The molecule has 1 heterocycles. The molecule has 2 aromatic carbocycles. The molecule has 3 rings (SSSR count). The summed E-state index contributed by atoms with van der Waals surface area (Å²) in [6.45, 7) is 6.27. The van der Waals surface area contributed by atoms with Gasteiger partial charge in [-0.1, -0.05) is 18.2 Å². The van der Waals surface area contributed by atoms with Crippen molar-refractivity contribution in [2.45, 2.75) is 31.1 Å². The molecule has 0 bridgehead atoms. The maximum atomic E-state index is 12.5. The summed E-state index contributed by atoms with van der Waals surface area (Å²) >= 11 is 0. The van der Waals surface area contributed by atoms with Gasteiger partial charge in [-0.2, -0.15) is 0 Å². The van der Waals surface area contributed by atoms with E-state index in [0.29, 0.717) is 17.0 Å². The lowest BCUT2D eigenvalue weighted by Crippen LogP contribution is -2.46. The third-order valence-electron chi connectivity index (χ3n) is 5.69. The maximum Gasteiger partial charge on any atom is 0.221 e. The number of carbonyl (C=O) groups is 2. The fraction of sp³-hybridized carbons (Fsp3) is 0.440. The van der Waals surface area contributed by atoms with Crippen LogP contribution in [-0.2, 0) is 20.4 Å². The number of hydrogen-bond acceptors (Lipinski definition) is 6. The SMILES string of the molecule is COc1ccccc1N1CCN(CCCCC(=O)CS(=O)c2cccc(NC(C)=O)c2)CC1. The van der Waals surface area contributed by atoms with Crippen LogP contribution in [0.3, 0.4) is 0 Å². The van der Waals surface area contributed by atoms with Crippen molar-refractivity contribution < 1.29 is 18.5 Å². The number of piperazine rings is 1. The summed E-state index contributed by atoms with van der Waals surface area (Å²) in [6.07, 6.45) is 2.19. The Morgan fingerprint density at radius 3 is 2.52 bits per heavy atom. The topological polar surface area (TPSA) is 79.0 Å². The van der Waals surface area contributed by atoms with Crippen molar-refractivity contribution in [3.8, 4) is 5.75 Å². The summed E-state index contributed by atoms with van der Waals surface area (Å²) in [4.78, 5) is 28.8. The second-order valence-electron chi connectivity index (χ2n) is 8.20. The van der Waals surface area contributed by atoms with Crippen LogP contribution in [-0.4, -0.2) is 66.4 Å². The van der Waals surface area contributed by atoms with Gasteiger partial charge in [-0.15, -0.1) is 0 Å². The lowest BCUT2D eigenvalue weighted by molar-refractivity contribution is -0.117. The molecule has 1 atom stereocenters. The van der Waals surface area contributed by atoms with Gasteiger partial charge < -0.3 is 15.0 Å². The van der Waals surface area contributed by atoms with Gasteiger partial charge in [0.05, 0.1) is 29.3 Å². The number of nitrogens with zero attached hydrogens (tertiary/aromatic N) is 2. The molecule has 2 aromatic rings. The van der Waals surface area contributed by atoms with Gasteiger partial charge in [-0.3, -0.25) is 18.7 Å². The Kier molecular flexibility index (Phi) is 9.45. The highest BCUT2D eigenvalue weighted by molar-refractivity contribution is 7.85. The Labute approximate surface area is 198 Å². The second kappa shape index (κ2) is 12.5. The predicted molar refractivity (Wildman–Crippen MR) is 133 cm³/mol. The van der Waals surface area contributed by atoms with Crippen LogP contribution in [0.4, 0.5) is 11.4 Å². The molecule has 33 heavy (non-hydrogen) atoms. The van der Waals surface area contributed by atoms with Crippen molar-refractivity contribution in [3.05, 3.63) is 48.5 Å². The highest BCUT2D eigenvalue weighted by atomic mass is 32.2. The summed E-state index contributed by atoms with van der Waals surface area (Å²) in [7, 11) is 0.303. The van der Waals surface area contributed by atoms with Gasteiger partial charge in [0.15, 0.2) is 0 Å². The average Bonchev–Trinajstić information content (AvgIpc) is 2.82. The van der Waals surface area contributed by atoms with Gasteiger partial charge in [0.2, 0.25) is 5.91 Å². The number of ketones is 1. The zero-order valence-corrected chi connectivity index (χ0v) is 20.2. The van der Waals surface area contributed by atoms with Gasteiger partial charge in [-0.25, -0.2) is 0 Å². The number of anilines is 2. The normalized spacial score (nSPS) is 15.2. The first-order valence-electron chi connectivity index (χ1n) is 11.3. The lowest BCUT2D eigenvalue weighted by atomic mass is 10.1. The number of amides is 1. The molecule has 1 aliphatic heterocycles. The highest BCUT2D eigenvalue weighted by Gasteiger charge is 2.19. The van der Waals surface area contributed by atoms with Crippen molar-refractivity contribution in [1.82, 2.24) is 4.90 Å². The second-order valence-corrected chi connectivity index (χ2v) is 9.65. The van der Waals surface area contributed by atoms with E-state index in [1.165, 1.54) is 6.92 Å². The third-order valence-corrected chi connectivity index (χ3v) is 7.05. The average molecular weight is 472 g/mol. The molecule has 1 N–H and O–H groups in total. The predicted octanol–water partition coefficient (Wildman–Crippen LogP) is 3.32. The van der Waals surface area contributed by atoms with Gasteiger partial charge in [0, 0.05) is 50.1 Å². The largest absolute Gasteiger partial charge is 0.495 e. The molecule has 1 saturated heterocycles. The van der Waals surface area contributed by atoms with Crippen LogP contribution >= 0.6 is 0 Å². The van der Waals surface area contributed by atoms with Crippen molar-refractivity contribution >= 4 is 33.9 Å². The standard InChI is InChI=1S/C25H33N3O4S/c1-20(29)26-21-8-7-10-23(18-21)33(31)19-22(30)9-5-6-13-27-14-16-28(17-15-27)24-11-3-4-12-25(24)32-2/h3-4,7-8,10-12,18H,5-6,9,13-17,19H2,1-2H3,(H,26,29). The first kappa shape index (κ1) is 24.9. The number of ether oxygens (including phenoxy) is 1. The van der Waals surface area contributed by atoms with Crippen LogP contribution in [0, 0.1) is 0 Å². The molecule has 0 aromatic heterocycles. The molecule has 1 amide bonds. The number of benzene rings is 2. The summed E-state index contributed by atoms with van der Waals surface area (Å²) in [5, 5.41) is 2.67. The zero-order chi connectivity index (χ0) is 23.6. The van der Waals surface area contributed by atoms with Crippen molar-refractivity contribution in [3.63, 3.8) is 0 Å². The van der Waals surface area contributed by atoms with E-state index in [0.717, 1.165) is 57.0 Å². The van der Waals surface area contributed by atoms with Crippen LogP contribution in [0.1, 0.15) is 26.2 Å². The minimum Gasteiger partial charge on any atom is -0.495 e.